The number of thiocarbonyl (C=S) groups is 1. The van der Waals surface area contributed by atoms with Gasteiger partial charge < -0.3 is 9.88 Å². The maximum Gasteiger partial charge on any atom is 0.186 e. The fraction of sp³-hybridized carbons (Fsp3) is 0.200. The first-order valence-corrected chi connectivity index (χ1v) is 7.97. The first kappa shape index (κ1) is 16.0. The SMILES string of the molecule is CNC(=S)NN=Cc1cc(C)n(-c2ccc(I)cc2)c1C. The third kappa shape index (κ3) is 3.82. The molecule has 0 radical (unpaired) electrons. The third-order valence-electron chi connectivity index (χ3n) is 3.15. The van der Waals surface area contributed by atoms with Crippen LogP contribution in [0.5, 0.6) is 0 Å². The molecule has 0 aliphatic carbocycles. The summed E-state index contributed by atoms with van der Waals surface area (Å²) < 4.78 is 3.44. The van der Waals surface area contributed by atoms with Crippen molar-refractivity contribution in [2.45, 2.75) is 13.8 Å². The Kier molecular flexibility index (Phi) is 5.35. The molecule has 4 nitrogen and oxygen atoms in total. The zero-order valence-electron chi connectivity index (χ0n) is 12.1. The number of hydrogen-bond donors (Lipinski definition) is 2. The molecule has 1 heterocycles. The van der Waals surface area contributed by atoms with Crippen molar-refractivity contribution in [3.63, 3.8) is 0 Å². The molecular weight excluding hydrogens is 395 g/mol. The standard InChI is InChI=1S/C15H17IN4S/c1-10-8-12(9-18-19-15(21)17-3)11(2)20(10)14-6-4-13(16)5-7-14/h4-9H,1-3H3,(H2,17,19,21). The van der Waals surface area contributed by atoms with Gasteiger partial charge in [0.25, 0.3) is 0 Å². The van der Waals surface area contributed by atoms with Gasteiger partial charge in [-0.15, -0.1) is 0 Å². The van der Waals surface area contributed by atoms with E-state index in [1.54, 1.807) is 13.3 Å². The van der Waals surface area contributed by atoms with Crippen LogP contribution in [-0.4, -0.2) is 22.9 Å². The normalized spacial score (nSPS) is 10.9. The average molecular weight is 412 g/mol. The van der Waals surface area contributed by atoms with Crippen molar-refractivity contribution in [2.24, 2.45) is 5.10 Å². The molecule has 0 fully saturated rings. The molecule has 2 aromatic rings. The molecule has 0 spiro atoms. The highest BCUT2D eigenvalue weighted by molar-refractivity contribution is 14.1. The summed E-state index contributed by atoms with van der Waals surface area (Å²) in [5, 5.41) is 7.45. The zero-order chi connectivity index (χ0) is 15.4. The summed E-state index contributed by atoms with van der Waals surface area (Å²) in [5.74, 6) is 0. The van der Waals surface area contributed by atoms with E-state index < -0.39 is 0 Å². The van der Waals surface area contributed by atoms with Gasteiger partial charge in [-0.25, -0.2) is 0 Å². The topological polar surface area (TPSA) is 41.4 Å². The second-order valence-corrected chi connectivity index (χ2v) is 6.24. The molecule has 0 aliphatic heterocycles. The molecule has 0 bridgehead atoms. The van der Waals surface area contributed by atoms with Crippen LogP contribution >= 0.6 is 34.8 Å². The fourth-order valence-electron chi connectivity index (χ4n) is 2.12. The molecular formula is C15H17IN4S. The van der Waals surface area contributed by atoms with E-state index in [1.165, 1.54) is 9.26 Å². The van der Waals surface area contributed by atoms with Crippen LogP contribution in [0.4, 0.5) is 0 Å². The van der Waals surface area contributed by atoms with Gasteiger partial charge in [0.2, 0.25) is 0 Å². The highest BCUT2D eigenvalue weighted by atomic mass is 127. The van der Waals surface area contributed by atoms with Crippen LogP contribution in [0.1, 0.15) is 17.0 Å². The number of hydrogen-bond acceptors (Lipinski definition) is 2. The Labute approximate surface area is 143 Å². The maximum absolute atomic E-state index is 4.98. The Hall–Kier alpha value is -1.41. The third-order valence-corrected chi connectivity index (χ3v) is 4.17. The van der Waals surface area contributed by atoms with Crippen molar-refractivity contribution in [1.29, 1.82) is 0 Å². The van der Waals surface area contributed by atoms with E-state index in [0.29, 0.717) is 5.11 Å². The van der Waals surface area contributed by atoms with Gasteiger partial charge in [-0.3, -0.25) is 5.43 Å². The quantitative estimate of drug-likeness (QED) is 0.352. The number of hydrazone groups is 1. The number of halogens is 1. The highest BCUT2D eigenvalue weighted by Gasteiger charge is 2.09. The lowest BCUT2D eigenvalue weighted by molar-refractivity contribution is 0.961. The highest BCUT2D eigenvalue weighted by Crippen LogP contribution is 2.20. The Balaban J connectivity index is 2.29. The lowest BCUT2D eigenvalue weighted by Crippen LogP contribution is -2.28. The molecule has 2 rings (SSSR count). The van der Waals surface area contributed by atoms with E-state index in [-0.39, 0.29) is 0 Å². The molecule has 110 valence electrons. The van der Waals surface area contributed by atoms with Crippen LogP contribution in [0.3, 0.4) is 0 Å². The van der Waals surface area contributed by atoms with E-state index in [4.69, 9.17) is 12.2 Å². The van der Waals surface area contributed by atoms with Gasteiger partial charge in [0, 0.05) is 33.3 Å². The second-order valence-electron chi connectivity index (χ2n) is 4.59. The van der Waals surface area contributed by atoms with Crippen LogP contribution in [0.25, 0.3) is 5.69 Å². The zero-order valence-corrected chi connectivity index (χ0v) is 15.1. The number of aryl methyl sites for hydroxylation is 1. The van der Waals surface area contributed by atoms with Crippen molar-refractivity contribution < 1.29 is 0 Å². The number of aromatic nitrogens is 1. The lowest BCUT2D eigenvalue weighted by Gasteiger charge is -2.09. The number of benzene rings is 1. The smallest absolute Gasteiger partial charge is 0.186 e. The Bertz CT molecular complexity index is 674. The van der Waals surface area contributed by atoms with Crippen LogP contribution in [0.15, 0.2) is 35.4 Å². The van der Waals surface area contributed by atoms with E-state index in [2.05, 4.69) is 87.2 Å². The monoisotopic (exact) mass is 412 g/mol. The summed E-state index contributed by atoms with van der Waals surface area (Å²) in [5.41, 5.74) is 7.31. The lowest BCUT2D eigenvalue weighted by atomic mass is 10.2. The Morgan fingerprint density at radius 2 is 1.95 bits per heavy atom. The van der Waals surface area contributed by atoms with Crippen LogP contribution in [0.2, 0.25) is 0 Å². The molecule has 2 N–H and O–H groups in total. The first-order valence-electron chi connectivity index (χ1n) is 6.48. The number of nitrogens with one attached hydrogen (secondary N) is 2. The minimum Gasteiger partial charge on any atom is -0.364 e. The fourth-order valence-corrected chi connectivity index (χ4v) is 2.53. The van der Waals surface area contributed by atoms with Crippen molar-refractivity contribution in [3.8, 4) is 5.69 Å². The average Bonchev–Trinajstić information content (AvgIpc) is 2.75. The number of nitrogens with zero attached hydrogens (tertiary/aromatic N) is 2. The second kappa shape index (κ2) is 7.04. The summed E-state index contributed by atoms with van der Waals surface area (Å²) in [4.78, 5) is 0. The minimum atomic E-state index is 0.498. The molecule has 0 saturated carbocycles. The molecule has 0 unspecified atom stereocenters. The Morgan fingerprint density at radius 3 is 2.57 bits per heavy atom. The summed E-state index contributed by atoms with van der Waals surface area (Å²) in [7, 11) is 1.76. The van der Waals surface area contributed by atoms with E-state index in [1.807, 2.05) is 0 Å². The van der Waals surface area contributed by atoms with Crippen molar-refractivity contribution in [1.82, 2.24) is 15.3 Å². The molecule has 21 heavy (non-hydrogen) atoms. The van der Waals surface area contributed by atoms with Crippen LogP contribution < -0.4 is 10.7 Å². The van der Waals surface area contributed by atoms with Crippen molar-refractivity contribution in [3.05, 3.63) is 50.9 Å². The van der Waals surface area contributed by atoms with Gasteiger partial charge in [0.15, 0.2) is 5.11 Å². The van der Waals surface area contributed by atoms with E-state index >= 15 is 0 Å². The summed E-state index contributed by atoms with van der Waals surface area (Å²) >= 11 is 7.29. The van der Waals surface area contributed by atoms with Crippen LogP contribution in [0, 0.1) is 17.4 Å². The molecule has 1 aromatic carbocycles. The summed E-state index contributed by atoms with van der Waals surface area (Å²) in [6, 6.07) is 10.6. The minimum absolute atomic E-state index is 0.498. The van der Waals surface area contributed by atoms with Crippen LogP contribution in [-0.2, 0) is 0 Å². The van der Waals surface area contributed by atoms with Gasteiger partial charge in [-0.05, 0) is 79.0 Å². The van der Waals surface area contributed by atoms with Gasteiger partial charge >= 0.3 is 0 Å². The van der Waals surface area contributed by atoms with Gasteiger partial charge in [0.05, 0.1) is 6.21 Å². The predicted molar refractivity (Wildman–Crippen MR) is 100 cm³/mol. The molecule has 0 atom stereocenters. The molecule has 0 amide bonds. The molecule has 1 aromatic heterocycles. The number of rotatable bonds is 3. The summed E-state index contributed by atoms with van der Waals surface area (Å²) in [6.07, 6.45) is 1.79. The largest absolute Gasteiger partial charge is 0.364 e. The maximum atomic E-state index is 4.98. The molecule has 6 heteroatoms. The molecule has 0 saturated heterocycles. The van der Waals surface area contributed by atoms with E-state index in [9.17, 15) is 0 Å². The molecule has 0 aliphatic rings. The first-order chi connectivity index (χ1) is 10.0. The van der Waals surface area contributed by atoms with Crippen molar-refractivity contribution >= 4 is 46.1 Å². The van der Waals surface area contributed by atoms with Gasteiger partial charge in [-0.1, -0.05) is 0 Å². The van der Waals surface area contributed by atoms with E-state index in [0.717, 1.165) is 16.9 Å². The summed E-state index contributed by atoms with van der Waals surface area (Å²) in [6.45, 7) is 4.18. The van der Waals surface area contributed by atoms with Crippen molar-refractivity contribution in [2.75, 3.05) is 7.05 Å². The Morgan fingerprint density at radius 1 is 1.29 bits per heavy atom. The predicted octanol–water partition coefficient (Wildman–Crippen LogP) is 3.13. The van der Waals surface area contributed by atoms with Gasteiger partial charge in [-0.2, -0.15) is 5.10 Å². The van der Waals surface area contributed by atoms with Gasteiger partial charge in [0.1, 0.15) is 0 Å².